The SMILES string of the molecule is O=C(NCCc1ccccc1C1=CC(Cl)C(C2CNCCC2c2ccc(F)c(F)c2)C=C1)C(F)(F)F. The molecule has 1 amide bonds. The summed E-state index contributed by atoms with van der Waals surface area (Å²) >= 11 is 6.85. The molecule has 0 bridgehead atoms. The fraction of sp³-hybridized carbons (Fsp3) is 0.370. The van der Waals surface area contributed by atoms with E-state index in [1.54, 1.807) is 12.1 Å². The number of piperidine rings is 1. The van der Waals surface area contributed by atoms with Crippen LogP contribution in [-0.4, -0.2) is 37.1 Å². The van der Waals surface area contributed by atoms with Gasteiger partial charge in [0.1, 0.15) is 0 Å². The Morgan fingerprint density at radius 3 is 2.61 bits per heavy atom. The Labute approximate surface area is 211 Å². The fourth-order valence-corrected chi connectivity index (χ4v) is 5.50. The molecule has 3 nitrogen and oxygen atoms in total. The van der Waals surface area contributed by atoms with Gasteiger partial charge in [0, 0.05) is 12.5 Å². The molecule has 0 aromatic heterocycles. The van der Waals surface area contributed by atoms with Gasteiger partial charge < -0.3 is 10.6 Å². The second-order valence-electron chi connectivity index (χ2n) is 9.10. The Hall–Kier alpha value is -2.71. The maximum atomic E-state index is 13.9. The molecule has 0 spiro atoms. The number of halogens is 6. The smallest absolute Gasteiger partial charge is 0.348 e. The summed E-state index contributed by atoms with van der Waals surface area (Å²) in [4.78, 5) is 11.1. The normalized spacial score (nSPS) is 24.3. The van der Waals surface area contributed by atoms with E-state index in [4.69, 9.17) is 11.6 Å². The molecule has 2 aromatic carbocycles. The van der Waals surface area contributed by atoms with Gasteiger partial charge in [-0.15, -0.1) is 11.6 Å². The van der Waals surface area contributed by atoms with Crippen molar-refractivity contribution in [3.05, 3.63) is 89.0 Å². The molecule has 36 heavy (non-hydrogen) atoms. The van der Waals surface area contributed by atoms with Crippen LogP contribution in [-0.2, 0) is 11.2 Å². The van der Waals surface area contributed by atoms with Crippen molar-refractivity contribution in [1.29, 1.82) is 0 Å². The number of rotatable bonds is 6. The number of nitrogens with one attached hydrogen (secondary N) is 2. The van der Waals surface area contributed by atoms with E-state index >= 15 is 0 Å². The molecule has 1 fully saturated rings. The lowest BCUT2D eigenvalue weighted by atomic mass is 9.71. The molecule has 192 valence electrons. The average molecular weight is 525 g/mol. The molecular formula is C27H26ClF5N2O. The lowest BCUT2D eigenvalue weighted by molar-refractivity contribution is -0.173. The lowest BCUT2D eigenvalue weighted by Crippen LogP contribution is -2.41. The molecule has 2 aromatic rings. The first-order valence-corrected chi connectivity index (χ1v) is 12.2. The number of carbonyl (C=O) groups excluding carboxylic acids is 1. The van der Waals surface area contributed by atoms with Gasteiger partial charge in [-0.3, -0.25) is 4.79 Å². The van der Waals surface area contributed by atoms with Crippen molar-refractivity contribution in [1.82, 2.24) is 10.6 Å². The third-order valence-electron chi connectivity index (χ3n) is 6.87. The predicted octanol–water partition coefficient (Wildman–Crippen LogP) is 5.76. The molecule has 4 unspecified atom stereocenters. The Balaban J connectivity index is 1.50. The third-order valence-corrected chi connectivity index (χ3v) is 7.28. The van der Waals surface area contributed by atoms with Crippen LogP contribution in [0.15, 0.2) is 60.7 Å². The minimum absolute atomic E-state index is 0.0109. The highest BCUT2D eigenvalue weighted by Crippen LogP contribution is 2.41. The molecule has 0 radical (unpaired) electrons. The molecule has 1 aliphatic heterocycles. The zero-order valence-corrected chi connectivity index (χ0v) is 20.1. The highest BCUT2D eigenvalue weighted by Gasteiger charge is 2.38. The number of hydrogen-bond donors (Lipinski definition) is 2. The predicted molar refractivity (Wildman–Crippen MR) is 130 cm³/mol. The van der Waals surface area contributed by atoms with Crippen LogP contribution >= 0.6 is 11.6 Å². The molecule has 0 saturated carbocycles. The minimum atomic E-state index is -4.92. The Morgan fingerprint density at radius 2 is 1.89 bits per heavy atom. The zero-order valence-electron chi connectivity index (χ0n) is 19.3. The van der Waals surface area contributed by atoms with Crippen molar-refractivity contribution < 1.29 is 26.7 Å². The lowest BCUT2D eigenvalue weighted by Gasteiger charge is -2.39. The van der Waals surface area contributed by atoms with E-state index in [0.717, 1.165) is 41.3 Å². The molecule has 1 saturated heterocycles. The molecule has 2 aliphatic rings. The van der Waals surface area contributed by atoms with Gasteiger partial charge in [0.25, 0.3) is 0 Å². The first-order valence-electron chi connectivity index (χ1n) is 11.8. The number of alkyl halides is 4. The number of benzene rings is 2. The van der Waals surface area contributed by atoms with Crippen LogP contribution < -0.4 is 10.6 Å². The van der Waals surface area contributed by atoms with Gasteiger partial charge in [-0.2, -0.15) is 13.2 Å². The molecular weight excluding hydrogens is 499 g/mol. The van der Waals surface area contributed by atoms with E-state index in [0.29, 0.717) is 6.54 Å². The molecule has 4 atom stereocenters. The number of amides is 1. The standard InChI is InChI=1S/C27H26ClF5N2O/c28-23-13-17(19-4-2-1-3-16(19)9-12-35-26(36)27(31,32)33)5-7-21(23)22-15-34-11-10-20(22)18-6-8-24(29)25(30)14-18/h1-8,13-14,20-23,34H,9-12,15H2,(H,35,36). The van der Waals surface area contributed by atoms with E-state index in [1.165, 1.54) is 6.07 Å². The maximum absolute atomic E-state index is 13.9. The molecule has 2 N–H and O–H groups in total. The van der Waals surface area contributed by atoms with Crippen molar-refractivity contribution in [3.63, 3.8) is 0 Å². The van der Waals surface area contributed by atoms with E-state index in [-0.39, 0.29) is 36.1 Å². The van der Waals surface area contributed by atoms with Crippen molar-refractivity contribution in [2.75, 3.05) is 19.6 Å². The number of carbonyl (C=O) groups is 1. The average Bonchev–Trinajstić information content (AvgIpc) is 2.85. The highest BCUT2D eigenvalue weighted by atomic mass is 35.5. The largest absolute Gasteiger partial charge is 0.471 e. The van der Waals surface area contributed by atoms with Crippen molar-refractivity contribution >= 4 is 23.1 Å². The second-order valence-corrected chi connectivity index (χ2v) is 9.60. The van der Waals surface area contributed by atoms with Crippen molar-refractivity contribution in [2.24, 2.45) is 11.8 Å². The van der Waals surface area contributed by atoms with Gasteiger partial charge in [0.2, 0.25) is 0 Å². The first kappa shape index (κ1) is 26.4. The quantitative estimate of drug-likeness (QED) is 0.373. The summed E-state index contributed by atoms with van der Waals surface area (Å²) in [6, 6.07) is 11.4. The summed E-state index contributed by atoms with van der Waals surface area (Å²) in [7, 11) is 0. The molecule has 4 rings (SSSR count). The van der Waals surface area contributed by atoms with Gasteiger partial charge in [-0.25, -0.2) is 8.78 Å². The highest BCUT2D eigenvalue weighted by molar-refractivity contribution is 6.23. The minimum Gasteiger partial charge on any atom is -0.348 e. The van der Waals surface area contributed by atoms with Crippen LogP contribution in [0.3, 0.4) is 0 Å². The third kappa shape index (κ3) is 5.98. The maximum Gasteiger partial charge on any atom is 0.471 e. The topological polar surface area (TPSA) is 41.1 Å². The van der Waals surface area contributed by atoms with Crippen LogP contribution in [0.4, 0.5) is 22.0 Å². The number of allylic oxidation sites excluding steroid dienone is 4. The van der Waals surface area contributed by atoms with E-state index in [9.17, 15) is 26.7 Å². The van der Waals surface area contributed by atoms with Crippen LogP contribution in [0.5, 0.6) is 0 Å². The summed E-state index contributed by atoms with van der Waals surface area (Å²) in [6.07, 6.45) is 1.99. The Kier molecular flexibility index (Phi) is 8.15. The summed E-state index contributed by atoms with van der Waals surface area (Å²) in [6.45, 7) is 1.30. The molecule has 1 heterocycles. The van der Waals surface area contributed by atoms with Crippen molar-refractivity contribution in [2.45, 2.75) is 30.3 Å². The Morgan fingerprint density at radius 1 is 1.11 bits per heavy atom. The Bertz CT molecular complexity index is 1160. The summed E-state index contributed by atoms with van der Waals surface area (Å²) in [5.74, 6) is -3.68. The summed E-state index contributed by atoms with van der Waals surface area (Å²) in [5, 5.41) is 4.91. The zero-order chi connectivity index (χ0) is 25.9. The summed E-state index contributed by atoms with van der Waals surface area (Å²) in [5.41, 5.74) is 3.21. The second kappa shape index (κ2) is 11.1. The van der Waals surface area contributed by atoms with Crippen LogP contribution in [0.25, 0.3) is 5.57 Å². The van der Waals surface area contributed by atoms with E-state index in [1.807, 2.05) is 41.7 Å². The van der Waals surface area contributed by atoms with E-state index in [2.05, 4.69) is 5.32 Å². The first-order chi connectivity index (χ1) is 17.1. The van der Waals surface area contributed by atoms with Crippen molar-refractivity contribution in [3.8, 4) is 0 Å². The van der Waals surface area contributed by atoms with Gasteiger partial charge in [0.15, 0.2) is 11.6 Å². The molecule has 1 aliphatic carbocycles. The van der Waals surface area contributed by atoms with Gasteiger partial charge >= 0.3 is 12.1 Å². The molecule has 9 heteroatoms. The fourth-order valence-electron chi connectivity index (χ4n) is 5.09. The summed E-state index contributed by atoms with van der Waals surface area (Å²) < 4.78 is 64.8. The van der Waals surface area contributed by atoms with Gasteiger partial charge in [-0.05, 0) is 72.2 Å². The van der Waals surface area contributed by atoms with E-state index < -0.39 is 23.7 Å². The van der Waals surface area contributed by atoms with Crippen LogP contribution in [0.1, 0.15) is 29.0 Å². The van der Waals surface area contributed by atoms with Crippen LogP contribution in [0, 0.1) is 23.5 Å². The van der Waals surface area contributed by atoms with Gasteiger partial charge in [-0.1, -0.05) is 48.6 Å². The monoisotopic (exact) mass is 524 g/mol. The van der Waals surface area contributed by atoms with Gasteiger partial charge in [0.05, 0.1) is 5.38 Å². The van der Waals surface area contributed by atoms with Crippen LogP contribution in [0.2, 0.25) is 0 Å². The number of hydrogen-bond acceptors (Lipinski definition) is 2.